The summed E-state index contributed by atoms with van der Waals surface area (Å²) in [4.78, 5) is 28.6. The van der Waals surface area contributed by atoms with Gasteiger partial charge in [-0.15, -0.1) is 0 Å². The Morgan fingerprint density at radius 2 is 2.08 bits per heavy atom. The number of carbonyl (C=O) groups is 2. The third kappa shape index (κ3) is 5.27. The Hall–Kier alpha value is -1.93. The van der Waals surface area contributed by atoms with Crippen molar-refractivity contribution in [2.75, 3.05) is 39.3 Å². The van der Waals surface area contributed by atoms with Crippen LogP contribution in [0.25, 0.3) is 0 Å². The topological polar surface area (TPSA) is 90.7 Å². The fourth-order valence-electron chi connectivity index (χ4n) is 3.35. The Morgan fingerprint density at radius 3 is 2.80 bits per heavy atom. The molecule has 2 saturated heterocycles. The van der Waals surface area contributed by atoms with Gasteiger partial charge in [0.25, 0.3) is 0 Å². The number of hydrogen-bond acceptors (Lipinski definition) is 6. The van der Waals surface area contributed by atoms with Crippen molar-refractivity contribution in [2.45, 2.75) is 38.8 Å². The summed E-state index contributed by atoms with van der Waals surface area (Å²) in [5, 5.41) is 9.75. The SMILES string of the molecule is Cc1cc(CN2CCN(CC(=O)N[C@H]3CCCCNC3=O)CC2)no1. The van der Waals surface area contributed by atoms with E-state index in [1.54, 1.807) is 0 Å². The standard InChI is InChI=1S/C17H27N5O3/c1-13-10-14(20-25-13)11-21-6-8-22(9-7-21)12-16(23)19-15-4-2-3-5-18-17(15)24/h10,15H,2-9,11-12H2,1H3,(H,18,24)(H,19,23)/t15-/m0/s1. The van der Waals surface area contributed by atoms with Crippen molar-refractivity contribution in [3.8, 4) is 0 Å². The molecule has 0 aromatic carbocycles. The minimum absolute atomic E-state index is 0.0569. The van der Waals surface area contributed by atoms with E-state index in [2.05, 4.69) is 25.6 Å². The fraction of sp³-hybridized carbons (Fsp3) is 0.706. The van der Waals surface area contributed by atoms with Crippen molar-refractivity contribution in [3.05, 3.63) is 17.5 Å². The zero-order valence-electron chi connectivity index (χ0n) is 14.8. The maximum atomic E-state index is 12.2. The van der Waals surface area contributed by atoms with E-state index in [0.717, 1.165) is 63.4 Å². The summed E-state index contributed by atoms with van der Waals surface area (Å²) in [6.07, 6.45) is 2.66. The molecule has 2 aliphatic rings. The molecule has 1 aromatic heterocycles. The molecule has 2 aliphatic heterocycles. The van der Waals surface area contributed by atoms with E-state index in [1.807, 2.05) is 13.0 Å². The molecule has 0 spiro atoms. The summed E-state index contributed by atoms with van der Waals surface area (Å²) < 4.78 is 5.10. The lowest BCUT2D eigenvalue weighted by molar-refractivity contribution is -0.129. The first-order chi connectivity index (χ1) is 12.1. The lowest BCUT2D eigenvalue weighted by Gasteiger charge is -2.34. The van der Waals surface area contributed by atoms with Gasteiger partial charge in [0.15, 0.2) is 0 Å². The van der Waals surface area contributed by atoms with E-state index < -0.39 is 0 Å². The van der Waals surface area contributed by atoms with Crippen molar-refractivity contribution in [1.82, 2.24) is 25.6 Å². The number of aromatic nitrogens is 1. The lowest BCUT2D eigenvalue weighted by atomic mass is 10.1. The van der Waals surface area contributed by atoms with Gasteiger partial charge < -0.3 is 15.2 Å². The largest absolute Gasteiger partial charge is 0.361 e. The summed E-state index contributed by atoms with van der Waals surface area (Å²) in [7, 11) is 0. The van der Waals surface area contributed by atoms with E-state index in [1.165, 1.54) is 0 Å². The second-order valence-corrected chi connectivity index (χ2v) is 6.89. The number of amides is 2. The Kier molecular flexibility index (Phi) is 6.04. The Labute approximate surface area is 147 Å². The van der Waals surface area contributed by atoms with Gasteiger partial charge in [-0.2, -0.15) is 0 Å². The van der Waals surface area contributed by atoms with Gasteiger partial charge in [0.2, 0.25) is 11.8 Å². The molecule has 0 aliphatic carbocycles. The predicted molar refractivity (Wildman–Crippen MR) is 91.7 cm³/mol. The molecule has 2 amide bonds. The third-order valence-corrected chi connectivity index (χ3v) is 4.77. The lowest BCUT2D eigenvalue weighted by Crippen LogP contribution is -2.52. The van der Waals surface area contributed by atoms with Crippen molar-refractivity contribution in [1.29, 1.82) is 0 Å². The molecule has 3 heterocycles. The van der Waals surface area contributed by atoms with Gasteiger partial charge in [0.1, 0.15) is 11.8 Å². The molecular weight excluding hydrogens is 322 g/mol. The molecule has 1 atom stereocenters. The summed E-state index contributed by atoms with van der Waals surface area (Å²) in [5.41, 5.74) is 0.947. The van der Waals surface area contributed by atoms with Crippen LogP contribution in [-0.2, 0) is 16.1 Å². The highest BCUT2D eigenvalue weighted by atomic mass is 16.5. The van der Waals surface area contributed by atoms with Crippen LogP contribution in [0.2, 0.25) is 0 Å². The maximum Gasteiger partial charge on any atom is 0.242 e. The monoisotopic (exact) mass is 349 g/mol. The summed E-state index contributed by atoms with van der Waals surface area (Å²) in [5.74, 6) is 0.703. The summed E-state index contributed by atoms with van der Waals surface area (Å²) in [6, 6.07) is 1.57. The second-order valence-electron chi connectivity index (χ2n) is 6.89. The highest BCUT2D eigenvalue weighted by Gasteiger charge is 2.24. The Bertz CT molecular complexity index is 595. The highest BCUT2D eigenvalue weighted by molar-refractivity contribution is 5.88. The zero-order chi connectivity index (χ0) is 17.6. The van der Waals surface area contributed by atoms with Gasteiger partial charge in [-0.05, 0) is 26.2 Å². The second kappa shape index (κ2) is 8.44. The van der Waals surface area contributed by atoms with Crippen LogP contribution >= 0.6 is 0 Å². The maximum absolute atomic E-state index is 12.2. The number of hydrogen-bond donors (Lipinski definition) is 2. The summed E-state index contributed by atoms with van der Waals surface area (Å²) in [6.45, 7) is 7.18. The van der Waals surface area contributed by atoms with Crippen molar-refractivity contribution < 1.29 is 14.1 Å². The molecule has 0 unspecified atom stereocenters. The molecule has 8 nitrogen and oxygen atoms in total. The van der Waals surface area contributed by atoms with Gasteiger partial charge in [-0.3, -0.25) is 19.4 Å². The number of nitrogens with one attached hydrogen (secondary N) is 2. The number of aryl methyl sites for hydroxylation is 1. The van der Waals surface area contributed by atoms with E-state index in [4.69, 9.17) is 4.52 Å². The minimum atomic E-state index is -0.383. The van der Waals surface area contributed by atoms with Crippen LogP contribution in [0.3, 0.4) is 0 Å². The predicted octanol–water partition coefficient (Wildman–Crippen LogP) is -0.114. The molecule has 2 N–H and O–H groups in total. The zero-order valence-corrected chi connectivity index (χ0v) is 14.8. The number of rotatable bonds is 5. The number of nitrogens with zero attached hydrogens (tertiary/aromatic N) is 3. The van der Waals surface area contributed by atoms with Gasteiger partial charge in [-0.1, -0.05) is 5.16 Å². The fourth-order valence-corrected chi connectivity index (χ4v) is 3.35. The molecule has 25 heavy (non-hydrogen) atoms. The molecule has 0 saturated carbocycles. The molecule has 138 valence electrons. The van der Waals surface area contributed by atoms with E-state index >= 15 is 0 Å². The minimum Gasteiger partial charge on any atom is -0.361 e. The molecule has 0 bridgehead atoms. The summed E-state index contributed by atoms with van der Waals surface area (Å²) >= 11 is 0. The molecule has 0 radical (unpaired) electrons. The third-order valence-electron chi connectivity index (χ3n) is 4.77. The molecule has 1 aromatic rings. The van der Waals surface area contributed by atoms with Crippen LogP contribution in [0, 0.1) is 6.92 Å². The van der Waals surface area contributed by atoms with Crippen molar-refractivity contribution >= 4 is 11.8 Å². The first-order valence-corrected chi connectivity index (χ1v) is 9.04. The average Bonchev–Trinajstić information content (AvgIpc) is 2.89. The van der Waals surface area contributed by atoms with Crippen LogP contribution in [0.5, 0.6) is 0 Å². The van der Waals surface area contributed by atoms with Gasteiger partial charge in [0, 0.05) is 45.3 Å². The van der Waals surface area contributed by atoms with Gasteiger partial charge in [-0.25, -0.2) is 0 Å². The first-order valence-electron chi connectivity index (χ1n) is 9.04. The number of piperazine rings is 1. The molecule has 3 rings (SSSR count). The first kappa shape index (κ1) is 17.9. The van der Waals surface area contributed by atoms with Crippen molar-refractivity contribution in [2.24, 2.45) is 0 Å². The highest BCUT2D eigenvalue weighted by Crippen LogP contribution is 2.09. The Balaban J connectivity index is 1.39. The quantitative estimate of drug-likeness (QED) is 0.771. The van der Waals surface area contributed by atoms with Crippen molar-refractivity contribution in [3.63, 3.8) is 0 Å². The molecular formula is C17H27N5O3. The van der Waals surface area contributed by atoms with Crippen LogP contribution in [0.4, 0.5) is 0 Å². The molecule has 8 heteroatoms. The van der Waals surface area contributed by atoms with Crippen LogP contribution in [-0.4, -0.2) is 72.1 Å². The normalized spacial score (nSPS) is 23.1. The smallest absolute Gasteiger partial charge is 0.242 e. The van der Waals surface area contributed by atoms with Gasteiger partial charge in [0.05, 0.1) is 12.2 Å². The van der Waals surface area contributed by atoms with Crippen LogP contribution in [0.1, 0.15) is 30.7 Å². The van der Waals surface area contributed by atoms with E-state index in [9.17, 15) is 9.59 Å². The van der Waals surface area contributed by atoms with Crippen LogP contribution < -0.4 is 10.6 Å². The number of carbonyl (C=O) groups excluding carboxylic acids is 2. The molecule has 2 fully saturated rings. The average molecular weight is 349 g/mol. The van der Waals surface area contributed by atoms with Crippen LogP contribution in [0.15, 0.2) is 10.6 Å². The van der Waals surface area contributed by atoms with Gasteiger partial charge >= 0.3 is 0 Å². The Morgan fingerprint density at radius 1 is 1.32 bits per heavy atom. The van der Waals surface area contributed by atoms with E-state index in [0.29, 0.717) is 13.1 Å². The van der Waals surface area contributed by atoms with E-state index in [-0.39, 0.29) is 17.9 Å².